The molecule has 1 saturated heterocycles. The van der Waals surface area contributed by atoms with Crippen LogP contribution in [0.15, 0.2) is 79.3 Å². The average Bonchev–Trinajstić information content (AvgIpc) is 3.52. The second kappa shape index (κ2) is 8.37. The number of hydrogen-bond donors (Lipinski definition) is 0. The first-order valence-corrected chi connectivity index (χ1v) is 11.6. The van der Waals surface area contributed by atoms with Gasteiger partial charge in [0.15, 0.2) is 0 Å². The first kappa shape index (κ1) is 20.5. The molecule has 0 atom stereocenters. The Labute approximate surface area is 197 Å². The quantitative estimate of drug-likeness (QED) is 0.472. The van der Waals surface area contributed by atoms with Crippen molar-refractivity contribution in [2.24, 2.45) is 0 Å². The Bertz CT molecular complexity index is 1300. The van der Waals surface area contributed by atoms with Gasteiger partial charge in [-0.15, -0.1) is 0 Å². The van der Waals surface area contributed by atoms with Crippen LogP contribution in [0.4, 0.5) is 5.95 Å². The molecule has 1 amide bonds. The van der Waals surface area contributed by atoms with Crippen LogP contribution in [0.25, 0.3) is 16.9 Å². The minimum absolute atomic E-state index is 0.0335. The van der Waals surface area contributed by atoms with Crippen LogP contribution >= 0.6 is 0 Å². The number of carbonyl (C=O) groups excluding carboxylic acids is 1. The smallest absolute Gasteiger partial charge is 0.256 e. The fraction of sp³-hybridized carbons (Fsp3) is 0.269. The van der Waals surface area contributed by atoms with Crippen molar-refractivity contribution in [3.8, 4) is 16.9 Å². The zero-order valence-electron chi connectivity index (χ0n) is 18.8. The number of aromatic nitrogens is 5. The summed E-state index contributed by atoms with van der Waals surface area (Å²) < 4.78 is 0. The van der Waals surface area contributed by atoms with Crippen molar-refractivity contribution in [2.75, 3.05) is 24.5 Å². The Hall–Kier alpha value is -4.07. The van der Waals surface area contributed by atoms with E-state index in [0.29, 0.717) is 17.8 Å². The Morgan fingerprint density at radius 2 is 1.62 bits per heavy atom. The number of rotatable bonds is 4. The Balaban J connectivity index is 1.28. The van der Waals surface area contributed by atoms with E-state index >= 15 is 0 Å². The molecule has 3 heterocycles. The van der Waals surface area contributed by atoms with Gasteiger partial charge in [0.05, 0.1) is 34.9 Å². The molecule has 0 bridgehead atoms. The summed E-state index contributed by atoms with van der Waals surface area (Å²) in [5.41, 5.74) is 3.12. The number of hydrogen-bond acceptors (Lipinski definition) is 6. The molecule has 1 aliphatic carbocycles. The first-order chi connectivity index (χ1) is 16.7. The summed E-state index contributed by atoms with van der Waals surface area (Å²) in [4.78, 5) is 29.1. The number of anilines is 1. The van der Waals surface area contributed by atoms with Gasteiger partial charge in [0.25, 0.3) is 5.91 Å². The van der Waals surface area contributed by atoms with Gasteiger partial charge in [-0.2, -0.15) is 15.0 Å². The van der Waals surface area contributed by atoms with E-state index in [4.69, 9.17) is 4.98 Å². The minimum Gasteiger partial charge on any atom is -0.338 e. The topological polar surface area (TPSA) is 80.0 Å². The molecule has 6 rings (SSSR count). The van der Waals surface area contributed by atoms with Gasteiger partial charge in [0, 0.05) is 31.4 Å². The summed E-state index contributed by atoms with van der Waals surface area (Å²) >= 11 is 0. The zero-order chi connectivity index (χ0) is 23.0. The van der Waals surface area contributed by atoms with Crippen LogP contribution in [-0.2, 0) is 0 Å². The highest BCUT2D eigenvalue weighted by Crippen LogP contribution is 2.45. The number of nitrogens with zero attached hydrogens (tertiary/aromatic N) is 7. The molecule has 8 heteroatoms. The van der Waals surface area contributed by atoms with Gasteiger partial charge < -0.3 is 9.80 Å². The van der Waals surface area contributed by atoms with Crippen molar-refractivity contribution in [1.29, 1.82) is 0 Å². The molecule has 8 nitrogen and oxygen atoms in total. The molecular formula is C26H25N7O. The number of benzene rings is 2. The predicted molar refractivity (Wildman–Crippen MR) is 129 cm³/mol. The Kier molecular flexibility index (Phi) is 5.05. The molecule has 170 valence electrons. The molecule has 1 spiro atoms. The summed E-state index contributed by atoms with van der Waals surface area (Å²) in [7, 11) is 0. The molecule has 2 aromatic heterocycles. The van der Waals surface area contributed by atoms with E-state index in [1.165, 1.54) is 4.80 Å². The normalized spacial score (nSPS) is 16.9. The maximum atomic E-state index is 13.8. The highest BCUT2D eigenvalue weighted by molar-refractivity contribution is 5.98. The average molecular weight is 452 g/mol. The molecule has 2 aromatic carbocycles. The third kappa shape index (κ3) is 3.71. The summed E-state index contributed by atoms with van der Waals surface area (Å²) in [5.74, 6) is 0.759. The maximum absolute atomic E-state index is 13.8. The summed E-state index contributed by atoms with van der Waals surface area (Å²) in [5, 5.41) is 8.48. The van der Waals surface area contributed by atoms with Crippen molar-refractivity contribution in [2.45, 2.75) is 24.8 Å². The fourth-order valence-electron chi connectivity index (χ4n) is 4.82. The predicted octanol–water partition coefficient (Wildman–Crippen LogP) is 3.61. The first-order valence-electron chi connectivity index (χ1n) is 11.6. The van der Waals surface area contributed by atoms with E-state index < -0.39 is 0 Å². The van der Waals surface area contributed by atoms with Gasteiger partial charge in [-0.3, -0.25) is 4.79 Å². The van der Waals surface area contributed by atoms with E-state index in [9.17, 15) is 4.79 Å². The van der Waals surface area contributed by atoms with Crippen LogP contribution in [0.2, 0.25) is 0 Å². The minimum atomic E-state index is -0.190. The number of carbonyl (C=O) groups is 1. The monoisotopic (exact) mass is 451 g/mol. The van der Waals surface area contributed by atoms with Crippen LogP contribution in [0, 0.1) is 0 Å². The lowest BCUT2D eigenvalue weighted by atomic mass is 10.1. The van der Waals surface area contributed by atoms with E-state index in [1.54, 1.807) is 12.4 Å². The van der Waals surface area contributed by atoms with E-state index in [1.807, 2.05) is 54.7 Å². The molecule has 0 unspecified atom stereocenters. The van der Waals surface area contributed by atoms with Gasteiger partial charge >= 0.3 is 0 Å². The second-order valence-electron chi connectivity index (χ2n) is 8.90. The van der Waals surface area contributed by atoms with Crippen molar-refractivity contribution in [3.63, 3.8) is 0 Å². The van der Waals surface area contributed by atoms with Crippen LogP contribution < -0.4 is 4.90 Å². The highest BCUT2D eigenvalue weighted by atomic mass is 16.2. The van der Waals surface area contributed by atoms with E-state index in [0.717, 1.165) is 49.6 Å². The van der Waals surface area contributed by atoms with Crippen LogP contribution in [-0.4, -0.2) is 60.9 Å². The van der Waals surface area contributed by atoms with E-state index in [-0.39, 0.29) is 11.4 Å². The molecule has 0 N–H and O–H groups in total. The molecule has 34 heavy (non-hydrogen) atoms. The molecule has 2 fully saturated rings. The summed E-state index contributed by atoms with van der Waals surface area (Å²) in [6.07, 6.45) is 7.89. The van der Waals surface area contributed by atoms with Crippen LogP contribution in [0.3, 0.4) is 0 Å². The zero-order valence-corrected chi connectivity index (χ0v) is 18.8. The van der Waals surface area contributed by atoms with Gasteiger partial charge in [-0.1, -0.05) is 42.5 Å². The largest absolute Gasteiger partial charge is 0.338 e. The molecule has 2 aliphatic rings. The van der Waals surface area contributed by atoms with E-state index in [2.05, 4.69) is 37.1 Å². The van der Waals surface area contributed by atoms with Gasteiger partial charge in [0.2, 0.25) is 5.95 Å². The van der Waals surface area contributed by atoms with Crippen molar-refractivity contribution in [3.05, 3.63) is 84.8 Å². The summed E-state index contributed by atoms with van der Waals surface area (Å²) in [6.45, 7) is 2.25. The second-order valence-corrected chi connectivity index (χ2v) is 8.90. The lowest BCUT2D eigenvalue weighted by molar-refractivity contribution is 0.0669. The molecule has 1 saturated carbocycles. The lowest BCUT2D eigenvalue weighted by Gasteiger charge is -2.32. The Morgan fingerprint density at radius 3 is 2.41 bits per heavy atom. The standard InChI is InChI=1S/C26H25N7O/c34-24(21-9-4-5-10-23(21)33-28-15-16-29-33)32-18-6-17-31(19-26(32)12-13-26)25-27-14-11-22(30-25)20-7-2-1-3-8-20/h1-5,7-11,14-16H,6,12-13,17-19H2. The maximum Gasteiger partial charge on any atom is 0.256 e. The van der Waals surface area contributed by atoms with Gasteiger partial charge in [-0.25, -0.2) is 9.97 Å². The highest BCUT2D eigenvalue weighted by Gasteiger charge is 2.52. The molecule has 1 aliphatic heterocycles. The third-order valence-corrected chi connectivity index (χ3v) is 6.70. The lowest BCUT2D eigenvalue weighted by Crippen LogP contribution is -2.47. The van der Waals surface area contributed by atoms with Crippen LogP contribution in [0.1, 0.15) is 29.6 Å². The fourth-order valence-corrected chi connectivity index (χ4v) is 4.82. The molecular weight excluding hydrogens is 426 g/mol. The Morgan fingerprint density at radius 1 is 0.853 bits per heavy atom. The molecule has 0 radical (unpaired) electrons. The molecule has 4 aromatic rings. The van der Waals surface area contributed by atoms with Crippen LogP contribution in [0.5, 0.6) is 0 Å². The van der Waals surface area contributed by atoms with Crippen molar-refractivity contribution in [1.82, 2.24) is 29.9 Å². The van der Waals surface area contributed by atoms with Crippen molar-refractivity contribution < 1.29 is 4.79 Å². The van der Waals surface area contributed by atoms with Gasteiger partial charge in [-0.05, 0) is 37.5 Å². The SMILES string of the molecule is O=C(c1ccccc1-n1nccn1)N1CCCN(c2nccc(-c3ccccc3)n2)CC12CC2. The third-order valence-electron chi connectivity index (χ3n) is 6.70. The summed E-state index contributed by atoms with van der Waals surface area (Å²) in [6, 6.07) is 19.7. The number of amides is 1. The van der Waals surface area contributed by atoms with Crippen molar-refractivity contribution >= 4 is 11.9 Å². The number of para-hydroxylation sites is 1. The van der Waals surface area contributed by atoms with Gasteiger partial charge in [0.1, 0.15) is 0 Å².